The van der Waals surface area contributed by atoms with E-state index in [4.69, 9.17) is 19.3 Å². The largest absolute Gasteiger partial charge is 1.00 e. The first kappa shape index (κ1) is 40.6. The smallest absolute Gasteiger partial charge is 0.870 e. The normalized spacial score (nSPS) is 15.6. The van der Waals surface area contributed by atoms with E-state index in [9.17, 15) is 9.59 Å². The molecular formula is C30H47LiN2O8. The van der Waals surface area contributed by atoms with E-state index in [0.29, 0.717) is 13.2 Å². The minimum Gasteiger partial charge on any atom is -0.870 e. The predicted octanol–water partition coefficient (Wildman–Crippen LogP) is 0.451. The van der Waals surface area contributed by atoms with Gasteiger partial charge in [0.15, 0.2) is 0 Å². The summed E-state index contributed by atoms with van der Waals surface area (Å²) in [5, 5.41) is 8.91. The molecule has 2 saturated heterocycles. The van der Waals surface area contributed by atoms with Crippen molar-refractivity contribution in [3.05, 3.63) is 60.7 Å². The average Bonchev–Trinajstić information content (AvgIpc) is 2.95. The Balaban J connectivity index is 0. The van der Waals surface area contributed by atoms with Gasteiger partial charge in [-0.2, -0.15) is 0 Å². The van der Waals surface area contributed by atoms with Crippen LogP contribution in [0.4, 0.5) is 0 Å². The van der Waals surface area contributed by atoms with E-state index >= 15 is 0 Å². The number of ether oxygens (including phenoxy) is 3. The number of benzene rings is 2. The second-order valence-electron chi connectivity index (χ2n) is 9.42. The molecular weight excluding hydrogens is 523 g/mol. The summed E-state index contributed by atoms with van der Waals surface area (Å²) in [6.45, 7) is 6.71. The van der Waals surface area contributed by atoms with Crippen LogP contribution >= 0.6 is 0 Å². The van der Waals surface area contributed by atoms with Gasteiger partial charge in [-0.1, -0.05) is 43.8 Å². The molecule has 0 aromatic heterocycles. The third-order valence-corrected chi connectivity index (χ3v) is 6.90. The van der Waals surface area contributed by atoms with Crippen molar-refractivity contribution in [2.45, 2.75) is 33.1 Å². The molecule has 0 amide bonds. The number of carboxylic acid groups (broad SMARTS) is 1. The molecule has 0 radical (unpaired) electrons. The molecule has 11 heteroatoms. The van der Waals surface area contributed by atoms with Crippen molar-refractivity contribution in [2.24, 2.45) is 11.8 Å². The molecule has 41 heavy (non-hydrogen) atoms. The Kier molecular flexibility index (Phi) is 22.8. The average molecular weight is 571 g/mol. The van der Waals surface area contributed by atoms with Crippen molar-refractivity contribution in [1.82, 2.24) is 9.80 Å². The molecule has 2 aromatic rings. The van der Waals surface area contributed by atoms with E-state index in [2.05, 4.69) is 9.80 Å². The van der Waals surface area contributed by atoms with Crippen LogP contribution in [0.15, 0.2) is 60.7 Å². The van der Waals surface area contributed by atoms with Gasteiger partial charge in [-0.25, -0.2) is 0 Å². The third-order valence-electron chi connectivity index (χ3n) is 6.90. The van der Waals surface area contributed by atoms with Crippen molar-refractivity contribution in [3.63, 3.8) is 0 Å². The van der Waals surface area contributed by atoms with Gasteiger partial charge in [0.25, 0.3) is 0 Å². The molecule has 0 atom stereocenters. The summed E-state index contributed by atoms with van der Waals surface area (Å²) in [4.78, 5) is 26.8. The number of aliphatic carboxylic acids is 1. The number of esters is 1. The number of hydrogen-bond donors (Lipinski definition) is 1. The molecule has 2 heterocycles. The topological polar surface area (TPSA) is 150 Å². The number of carboxylic acids is 1. The Morgan fingerprint density at radius 3 is 1.46 bits per heavy atom. The zero-order valence-corrected chi connectivity index (χ0v) is 23.7. The van der Waals surface area contributed by atoms with Gasteiger partial charge in [0.1, 0.15) is 24.7 Å². The first-order valence-electron chi connectivity index (χ1n) is 13.2. The maximum atomic E-state index is 11.4. The second-order valence-corrected chi connectivity index (χ2v) is 9.42. The number of piperidine rings is 2. The standard InChI is InChI=1S/C15H21NO3.C14H19NO3.CH4.Li.2H2O/c1-18-15(17)13-7-9-16(10-8-13)11-12-19-14-5-3-2-4-6-14;16-14(17)12-6-8-15(9-7-12)10-11-18-13-4-2-1-3-5-13;;;;/h2-6,13H,7-12H2,1H3;1-5,12H,6-11H2,(H,16,17);1H4;;2*1H2/q;;;+1;;/p-1. The van der Waals surface area contributed by atoms with Crippen LogP contribution < -0.4 is 28.3 Å². The number of carbonyl (C=O) groups excluding carboxylic acids is 1. The second kappa shape index (κ2) is 23.0. The Morgan fingerprint density at radius 1 is 0.756 bits per heavy atom. The number of rotatable bonds is 10. The number of likely N-dealkylation sites (tertiary alicyclic amines) is 2. The minimum absolute atomic E-state index is 0. The van der Waals surface area contributed by atoms with Crippen molar-refractivity contribution in [1.29, 1.82) is 0 Å². The summed E-state index contributed by atoms with van der Waals surface area (Å²) in [6.07, 6.45) is 3.28. The van der Waals surface area contributed by atoms with Gasteiger partial charge in [-0.05, 0) is 76.1 Å². The number of nitrogens with zero attached hydrogens (tertiary/aromatic N) is 2. The maximum absolute atomic E-state index is 11.4. The van der Waals surface area contributed by atoms with Gasteiger partial charge in [-0.3, -0.25) is 19.4 Å². The summed E-state index contributed by atoms with van der Waals surface area (Å²) in [5.41, 5.74) is 0. The molecule has 10 nitrogen and oxygen atoms in total. The molecule has 0 saturated carbocycles. The Hall–Kier alpha value is -2.58. The zero-order chi connectivity index (χ0) is 26.3. The molecule has 2 aliphatic heterocycles. The maximum Gasteiger partial charge on any atom is 1.00 e. The van der Waals surface area contributed by atoms with E-state index in [0.717, 1.165) is 76.5 Å². The summed E-state index contributed by atoms with van der Waals surface area (Å²) >= 11 is 0. The molecule has 0 bridgehead atoms. The first-order valence-corrected chi connectivity index (χ1v) is 13.2. The van der Waals surface area contributed by atoms with Crippen LogP contribution in [0, 0.1) is 11.8 Å². The Labute approximate surface area is 256 Å². The first-order chi connectivity index (χ1) is 18.0. The van der Waals surface area contributed by atoms with Crippen molar-refractivity contribution in [3.8, 4) is 11.5 Å². The van der Waals surface area contributed by atoms with E-state index in [1.807, 2.05) is 60.7 Å². The molecule has 2 aromatic carbocycles. The minimum atomic E-state index is -0.657. The number of methoxy groups -OCH3 is 1. The summed E-state index contributed by atoms with van der Waals surface area (Å²) in [5.74, 6) is 0.993. The van der Waals surface area contributed by atoms with Crippen molar-refractivity contribution >= 4 is 11.9 Å². The summed E-state index contributed by atoms with van der Waals surface area (Å²) in [7, 11) is 1.46. The molecule has 2 aliphatic rings. The van der Waals surface area contributed by atoms with Gasteiger partial charge in [0.05, 0.1) is 18.9 Å². The molecule has 4 rings (SSSR count). The van der Waals surface area contributed by atoms with Gasteiger partial charge < -0.3 is 30.3 Å². The third kappa shape index (κ3) is 15.3. The van der Waals surface area contributed by atoms with Crippen molar-refractivity contribution in [2.75, 3.05) is 59.6 Å². The molecule has 2 fully saturated rings. The van der Waals surface area contributed by atoms with E-state index in [1.165, 1.54) is 7.11 Å². The quantitative estimate of drug-likeness (QED) is 0.317. The van der Waals surface area contributed by atoms with Gasteiger partial charge in [0, 0.05) is 13.1 Å². The number of carbonyl (C=O) groups is 2. The van der Waals surface area contributed by atoms with Crippen LogP contribution in [0.5, 0.6) is 11.5 Å². The number of para-hydroxylation sites is 2. The molecule has 0 spiro atoms. The zero-order valence-electron chi connectivity index (χ0n) is 23.7. The fraction of sp³-hybridized carbons (Fsp3) is 0.533. The Morgan fingerprint density at radius 2 is 1.12 bits per heavy atom. The van der Waals surface area contributed by atoms with Crippen LogP contribution in [-0.4, -0.2) is 97.4 Å². The Bertz CT molecular complexity index is 923. The van der Waals surface area contributed by atoms with E-state index in [1.54, 1.807) is 0 Å². The van der Waals surface area contributed by atoms with E-state index in [-0.39, 0.29) is 55.0 Å². The van der Waals surface area contributed by atoms with Crippen LogP contribution in [0.1, 0.15) is 33.1 Å². The van der Waals surface area contributed by atoms with Crippen LogP contribution in [0.3, 0.4) is 0 Å². The van der Waals surface area contributed by atoms with Crippen molar-refractivity contribution < 1.29 is 58.7 Å². The van der Waals surface area contributed by atoms with Gasteiger partial charge in [0.2, 0.25) is 0 Å². The predicted molar refractivity (Wildman–Crippen MR) is 154 cm³/mol. The van der Waals surface area contributed by atoms with E-state index < -0.39 is 5.97 Å². The molecule has 0 unspecified atom stereocenters. The van der Waals surface area contributed by atoms with Crippen LogP contribution in [-0.2, 0) is 14.3 Å². The summed E-state index contributed by atoms with van der Waals surface area (Å²) < 4.78 is 16.1. The van der Waals surface area contributed by atoms with Crippen LogP contribution in [0.2, 0.25) is 0 Å². The summed E-state index contributed by atoms with van der Waals surface area (Å²) in [6, 6.07) is 19.6. The van der Waals surface area contributed by atoms with Gasteiger partial charge >= 0.3 is 30.8 Å². The fourth-order valence-electron chi connectivity index (χ4n) is 4.58. The van der Waals surface area contributed by atoms with Crippen LogP contribution in [0.25, 0.3) is 0 Å². The molecule has 226 valence electrons. The monoisotopic (exact) mass is 570 g/mol. The molecule has 0 aliphatic carbocycles. The van der Waals surface area contributed by atoms with Gasteiger partial charge in [-0.15, -0.1) is 0 Å². The SMILES string of the molecule is C.COC(=O)C1CCN(CCOc2ccccc2)CC1.O.O=C(O)C1CCN(CCOc2ccccc2)CC1.[Li+].[OH-]. The number of hydrogen-bond acceptors (Lipinski definition) is 8. The molecule has 4 N–H and O–H groups in total. The fourth-order valence-corrected chi connectivity index (χ4v) is 4.58.